The Bertz CT molecular complexity index is 292. The van der Waals surface area contributed by atoms with Gasteiger partial charge >= 0.3 is 0 Å². The minimum absolute atomic E-state index is 0.292. The predicted octanol–water partition coefficient (Wildman–Crippen LogP) is 2.48. The maximum absolute atomic E-state index is 5.53. The largest absolute Gasteiger partial charge is 0.478 e. The lowest BCUT2D eigenvalue weighted by Gasteiger charge is -2.17. The van der Waals surface area contributed by atoms with E-state index in [9.17, 15) is 0 Å². The molecule has 1 heterocycles. The van der Waals surface area contributed by atoms with Crippen LogP contribution in [0.25, 0.3) is 0 Å². The Morgan fingerprint density at radius 2 is 2.07 bits per heavy atom. The fraction of sp³-hybridized carbons (Fsp3) is 0.545. The molecule has 0 saturated carbocycles. The van der Waals surface area contributed by atoms with E-state index < -0.39 is 0 Å². The number of nitrogens with two attached hydrogens (primary N) is 1. The minimum Gasteiger partial charge on any atom is -0.478 e. The number of rotatable bonds is 3. The molecule has 0 aromatic carbocycles. The average molecular weight is 194 g/mol. The van der Waals surface area contributed by atoms with E-state index in [0.717, 1.165) is 6.42 Å². The molecule has 0 unspecified atom stereocenters. The molecule has 0 aliphatic rings. The molecule has 0 fully saturated rings. The van der Waals surface area contributed by atoms with Crippen LogP contribution >= 0.6 is 0 Å². The van der Waals surface area contributed by atoms with Gasteiger partial charge in [0.05, 0.1) is 6.61 Å². The van der Waals surface area contributed by atoms with Gasteiger partial charge in [0, 0.05) is 6.07 Å². The van der Waals surface area contributed by atoms with Crippen LogP contribution in [-0.2, 0) is 0 Å². The number of pyridine rings is 1. The van der Waals surface area contributed by atoms with Gasteiger partial charge in [0.1, 0.15) is 5.82 Å². The summed E-state index contributed by atoms with van der Waals surface area (Å²) in [5.41, 5.74) is 5.82. The van der Waals surface area contributed by atoms with Crippen molar-refractivity contribution in [1.29, 1.82) is 0 Å². The third kappa shape index (κ3) is 4.12. The summed E-state index contributed by atoms with van der Waals surface area (Å²) >= 11 is 0. The molecular formula is C11H18N2O. The Hall–Kier alpha value is -1.25. The van der Waals surface area contributed by atoms with E-state index in [1.54, 1.807) is 6.07 Å². The molecule has 0 bridgehead atoms. The zero-order valence-electron chi connectivity index (χ0n) is 9.08. The summed E-state index contributed by atoms with van der Waals surface area (Å²) in [6, 6.07) is 5.41. The van der Waals surface area contributed by atoms with Gasteiger partial charge in [-0.25, -0.2) is 0 Å². The Labute approximate surface area is 85.3 Å². The SMILES string of the molecule is CC(C)(C)CCOc1cccc(N)n1. The van der Waals surface area contributed by atoms with Crippen molar-refractivity contribution in [3.05, 3.63) is 18.2 Å². The monoisotopic (exact) mass is 194 g/mol. The highest BCUT2D eigenvalue weighted by Crippen LogP contribution is 2.19. The molecule has 3 heteroatoms. The van der Waals surface area contributed by atoms with Gasteiger partial charge in [-0.1, -0.05) is 26.8 Å². The van der Waals surface area contributed by atoms with E-state index in [1.807, 2.05) is 12.1 Å². The average Bonchev–Trinajstić information content (AvgIpc) is 2.01. The van der Waals surface area contributed by atoms with Crippen molar-refractivity contribution in [2.45, 2.75) is 27.2 Å². The lowest BCUT2D eigenvalue weighted by Crippen LogP contribution is -2.11. The lowest BCUT2D eigenvalue weighted by molar-refractivity contribution is 0.236. The molecule has 3 nitrogen and oxygen atoms in total. The van der Waals surface area contributed by atoms with Crippen molar-refractivity contribution in [2.24, 2.45) is 5.41 Å². The van der Waals surface area contributed by atoms with Gasteiger partial charge in [-0.05, 0) is 17.9 Å². The quantitative estimate of drug-likeness (QED) is 0.804. The van der Waals surface area contributed by atoms with Gasteiger partial charge in [-0.3, -0.25) is 0 Å². The highest BCUT2D eigenvalue weighted by molar-refractivity contribution is 5.30. The summed E-state index contributed by atoms with van der Waals surface area (Å²) in [7, 11) is 0. The Balaban J connectivity index is 2.39. The third-order valence-corrected chi connectivity index (χ3v) is 1.85. The zero-order chi connectivity index (χ0) is 10.6. The number of hydrogen-bond acceptors (Lipinski definition) is 3. The highest BCUT2D eigenvalue weighted by atomic mass is 16.5. The Morgan fingerprint density at radius 1 is 1.36 bits per heavy atom. The van der Waals surface area contributed by atoms with Crippen molar-refractivity contribution in [2.75, 3.05) is 12.3 Å². The number of aromatic nitrogens is 1. The summed E-state index contributed by atoms with van der Waals surface area (Å²) in [6.07, 6.45) is 1.00. The molecule has 2 N–H and O–H groups in total. The second-order valence-electron chi connectivity index (χ2n) is 4.56. The number of anilines is 1. The van der Waals surface area contributed by atoms with Crippen LogP contribution in [-0.4, -0.2) is 11.6 Å². The maximum Gasteiger partial charge on any atom is 0.215 e. The maximum atomic E-state index is 5.53. The van der Waals surface area contributed by atoms with E-state index in [4.69, 9.17) is 10.5 Å². The first-order valence-electron chi connectivity index (χ1n) is 4.83. The van der Waals surface area contributed by atoms with Crippen LogP contribution < -0.4 is 10.5 Å². The number of ether oxygens (including phenoxy) is 1. The normalized spacial score (nSPS) is 11.4. The molecular weight excluding hydrogens is 176 g/mol. The van der Waals surface area contributed by atoms with Gasteiger partial charge in [0.15, 0.2) is 0 Å². The molecule has 0 spiro atoms. The topological polar surface area (TPSA) is 48.1 Å². The summed E-state index contributed by atoms with van der Waals surface area (Å²) in [4.78, 5) is 4.05. The first kappa shape index (κ1) is 10.8. The van der Waals surface area contributed by atoms with Gasteiger partial charge in [0.2, 0.25) is 5.88 Å². The molecule has 78 valence electrons. The Morgan fingerprint density at radius 3 is 2.64 bits per heavy atom. The third-order valence-electron chi connectivity index (χ3n) is 1.85. The highest BCUT2D eigenvalue weighted by Gasteiger charge is 2.09. The van der Waals surface area contributed by atoms with Crippen molar-refractivity contribution >= 4 is 5.82 Å². The number of nitrogens with zero attached hydrogens (tertiary/aromatic N) is 1. The van der Waals surface area contributed by atoms with Crippen LogP contribution in [0, 0.1) is 5.41 Å². The van der Waals surface area contributed by atoms with E-state index in [0.29, 0.717) is 23.7 Å². The number of hydrogen-bond donors (Lipinski definition) is 1. The van der Waals surface area contributed by atoms with Gasteiger partial charge in [0.25, 0.3) is 0 Å². The molecule has 0 amide bonds. The van der Waals surface area contributed by atoms with Crippen molar-refractivity contribution in [1.82, 2.24) is 4.98 Å². The first-order valence-corrected chi connectivity index (χ1v) is 4.83. The van der Waals surface area contributed by atoms with E-state index in [-0.39, 0.29) is 0 Å². The number of nitrogen functional groups attached to an aromatic ring is 1. The Kier molecular flexibility index (Phi) is 3.33. The van der Waals surface area contributed by atoms with E-state index in [1.165, 1.54) is 0 Å². The van der Waals surface area contributed by atoms with Crippen molar-refractivity contribution in [3.8, 4) is 5.88 Å². The molecule has 0 aliphatic heterocycles. The summed E-state index contributed by atoms with van der Waals surface area (Å²) in [5.74, 6) is 1.10. The van der Waals surface area contributed by atoms with Crippen LogP contribution in [0.4, 0.5) is 5.82 Å². The minimum atomic E-state index is 0.292. The van der Waals surface area contributed by atoms with E-state index >= 15 is 0 Å². The molecule has 1 aromatic heterocycles. The molecule has 0 radical (unpaired) electrons. The van der Waals surface area contributed by atoms with Gasteiger partial charge < -0.3 is 10.5 Å². The molecule has 0 atom stereocenters. The van der Waals surface area contributed by atoms with E-state index in [2.05, 4.69) is 25.8 Å². The first-order chi connectivity index (χ1) is 6.47. The molecule has 0 saturated heterocycles. The van der Waals surface area contributed by atoms with Crippen LogP contribution in [0.5, 0.6) is 5.88 Å². The van der Waals surface area contributed by atoms with Gasteiger partial charge in [-0.15, -0.1) is 0 Å². The smallest absolute Gasteiger partial charge is 0.215 e. The fourth-order valence-corrected chi connectivity index (χ4v) is 0.973. The summed E-state index contributed by atoms with van der Waals surface area (Å²) in [5, 5.41) is 0. The zero-order valence-corrected chi connectivity index (χ0v) is 9.08. The fourth-order valence-electron chi connectivity index (χ4n) is 0.973. The van der Waals surface area contributed by atoms with Crippen LogP contribution in [0.3, 0.4) is 0 Å². The predicted molar refractivity (Wildman–Crippen MR) is 58.2 cm³/mol. The molecule has 0 aliphatic carbocycles. The van der Waals surface area contributed by atoms with Crippen molar-refractivity contribution in [3.63, 3.8) is 0 Å². The van der Waals surface area contributed by atoms with Crippen LogP contribution in [0.1, 0.15) is 27.2 Å². The molecule has 1 aromatic rings. The lowest BCUT2D eigenvalue weighted by atomic mass is 9.93. The molecule has 1 rings (SSSR count). The summed E-state index contributed by atoms with van der Waals surface area (Å²) < 4.78 is 5.47. The van der Waals surface area contributed by atoms with Gasteiger partial charge in [-0.2, -0.15) is 4.98 Å². The van der Waals surface area contributed by atoms with Crippen LogP contribution in [0.2, 0.25) is 0 Å². The van der Waals surface area contributed by atoms with Crippen molar-refractivity contribution < 1.29 is 4.74 Å². The summed E-state index contributed by atoms with van der Waals surface area (Å²) in [6.45, 7) is 7.23. The standard InChI is InChI=1S/C11H18N2O/c1-11(2,3)7-8-14-10-6-4-5-9(12)13-10/h4-6H,7-8H2,1-3H3,(H2,12,13). The van der Waals surface area contributed by atoms with Crippen LogP contribution in [0.15, 0.2) is 18.2 Å². The second-order valence-corrected chi connectivity index (χ2v) is 4.56. The molecule has 14 heavy (non-hydrogen) atoms. The second kappa shape index (κ2) is 4.31.